The molecule has 3 unspecified atom stereocenters. The monoisotopic (exact) mass is 203 g/mol. The van der Waals surface area contributed by atoms with E-state index in [0.717, 1.165) is 30.8 Å². The molecule has 0 radical (unpaired) electrons. The average molecular weight is 203 g/mol. The Morgan fingerprint density at radius 2 is 2.53 bits per heavy atom. The first-order valence-corrected chi connectivity index (χ1v) is 5.33. The number of fused-ring (bicyclic) bond motifs is 2. The summed E-state index contributed by atoms with van der Waals surface area (Å²) in [5.74, 6) is 1.95. The van der Waals surface area contributed by atoms with Gasteiger partial charge >= 0.3 is 0 Å². The van der Waals surface area contributed by atoms with Gasteiger partial charge in [-0.1, -0.05) is 6.08 Å². The molecule has 3 atom stereocenters. The molecule has 0 aromatic heterocycles. The quantitative estimate of drug-likeness (QED) is 0.652. The molecule has 3 heteroatoms. The minimum absolute atomic E-state index is 0.368. The maximum atomic E-state index is 8.99. The Balaban J connectivity index is 2.02. The van der Waals surface area contributed by atoms with Crippen LogP contribution in [0.25, 0.3) is 0 Å². The van der Waals surface area contributed by atoms with Crippen LogP contribution in [-0.4, -0.2) is 19.3 Å². The molecule has 1 aliphatic heterocycles. The van der Waals surface area contributed by atoms with Crippen molar-refractivity contribution >= 4 is 0 Å². The van der Waals surface area contributed by atoms with E-state index in [1.54, 1.807) is 7.11 Å². The lowest BCUT2D eigenvalue weighted by molar-refractivity contribution is -0.00598. The molecular weight excluding hydrogens is 190 g/mol. The molecule has 1 heterocycles. The van der Waals surface area contributed by atoms with Gasteiger partial charge in [-0.15, -0.1) is 0 Å². The van der Waals surface area contributed by atoms with Gasteiger partial charge in [-0.3, -0.25) is 0 Å². The van der Waals surface area contributed by atoms with Crippen molar-refractivity contribution in [2.75, 3.05) is 13.7 Å². The third-order valence-electron chi connectivity index (χ3n) is 3.83. The fourth-order valence-corrected chi connectivity index (χ4v) is 2.92. The van der Waals surface area contributed by atoms with Crippen LogP contribution >= 0.6 is 0 Å². The van der Waals surface area contributed by atoms with E-state index < -0.39 is 5.60 Å². The Kier molecular flexibility index (Phi) is 1.72. The molecule has 3 rings (SSSR count). The van der Waals surface area contributed by atoms with E-state index >= 15 is 0 Å². The van der Waals surface area contributed by atoms with Crippen LogP contribution in [0, 0.1) is 23.2 Å². The highest BCUT2D eigenvalue weighted by molar-refractivity contribution is 5.50. The second-order valence-electron chi connectivity index (χ2n) is 4.41. The average Bonchev–Trinajstić information content (AvgIpc) is 2.67. The largest absolute Gasteiger partial charge is 0.498 e. The normalized spacial score (nSPS) is 41.3. The first-order valence-electron chi connectivity index (χ1n) is 5.33. The second-order valence-corrected chi connectivity index (χ2v) is 4.41. The minimum Gasteiger partial charge on any atom is -0.498 e. The Bertz CT molecular complexity index is 404. The number of ether oxygens (including phenoxy) is 2. The lowest BCUT2D eigenvalue weighted by atomic mass is 9.63. The van der Waals surface area contributed by atoms with E-state index in [1.165, 1.54) is 0 Å². The van der Waals surface area contributed by atoms with Crippen molar-refractivity contribution in [1.82, 2.24) is 0 Å². The van der Waals surface area contributed by atoms with Crippen molar-refractivity contribution in [2.45, 2.75) is 18.4 Å². The molecule has 1 fully saturated rings. The van der Waals surface area contributed by atoms with Gasteiger partial charge in [-0.2, -0.15) is 5.26 Å². The highest BCUT2D eigenvalue weighted by Gasteiger charge is 2.53. The van der Waals surface area contributed by atoms with Crippen LogP contribution in [0.3, 0.4) is 0 Å². The summed E-state index contributed by atoms with van der Waals surface area (Å²) in [5.41, 5.74) is 0.265. The third-order valence-corrected chi connectivity index (χ3v) is 3.83. The molecular formula is C12H13NO2. The second kappa shape index (κ2) is 2.86. The zero-order valence-corrected chi connectivity index (χ0v) is 8.69. The highest BCUT2D eigenvalue weighted by Crippen LogP contribution is 2.52. The van der Waals surface area contributed by atoms with Gasteiger partial charge in [-0.25, -0.2) is 0 Å². The van der Waals surface area contributed by atoms with Gasteiger partial charge in [0.1, 0.15) is 5.60 Å². The van der Waals surface area contributed by atoms with Crippen LogP contribution in [-0.2, 0) is 9.47 Å². The fourth-order valence-electron chi connectivity index (χ4n) is 2.92. The van der Waals surface area contributed by atoms with E-state index in [2.05, 4.69) is 6.07 Å². The summed E-state index contributed by atoms with van der Waals surface area (Å²) in [4.78, 5) is 0. The molecule has 0 amide bonds. The predicted octanol–water partition coefficient (Wildman–Crippen LogP) is 1.78. The van der Waals surface area contributed by atoms with Crippen molar-refractivity contribution in [3.05, 3.63) is 23.5 Å². The van der Waals surface area contributed by atoms with Crippen molar-refractivity contribution in [3.63, 3.8) is 0 Å². The van der Waals surface area contributed by atoms with E-state index in [-0.39, 0.29) is 0 Å². The summed E-state index contributed by atoms with van der Waals surface area (Å²) >= 11 is 0. The molecule has 0 N–H and O–H groups in total. The van der Waals surface area contributed by atoms with Crippen molar-refractivity contribution in [3.8, 4) is 6.07 Å². The van der Waals surface area contributed by atoms with Crippen molar-refractivity contribution in [2.24, 2.45) is 11.8 Å². The number of nitriles is 1. The lowest BCUT2D eigenvalue weighted by Gasteiger charge is -2.46. The Morgan fingerprint density at radius 3 is 3.27 bits per heavy atom. The van der Waals surface area contributed by atoms with Crippen LogP contribution in [0.5, 0.6) is 0 Å². The number of hydrogen-bond acceptors (Lipinski definition) is 3. The summed E-state index contributed by atoms with van der Waals surface area (Å²) in [6, 6.07) is 2.21. The van der Waals surface area contributed by atoms with Gasteiger partial charge in [0.15, 0.2) is 0 Å². The summed E-state index contributed by atoms with van der Waals surface area (Å²) in [5, 5.41) is 8.99. The van der Waals surface area contributed by atoms with Gasteiger partial charge in [0, 0.05) is 18.9 Å². The fraction of sp³-hybridized carbons (Fsp3) is 0.583. The van der Waals surface area contributed by atoms with E-state index in [0.29, 0.717) is 11.8 Å². The molecule has 1 saturated heterocycles. The van der Waals surface area contributed by atoms with E-state index in [4.69, 9.17) is 14.7 Å². The van der Waals surface area contributed by atoms with Gasteiger partial charge in [0.25, 0.3) is 0 Å². The predicted molar refractivity (Wildman–Crippen MR) is 53.7 cm³/mol. The van der Waals surface area contributed by atoms with Gasteiger partial charge in [0.05, 0.1) is 24.0 Å². The third kappa shape index (κ3) is 0.977. The molecule has 3 nitrogen and oxygen atoms in total. The number of allylic oxidation sites excluding steroid dienone is 1. The highest BCUT2D eigenvalue weighted by atomic mass is 16.5. The number of nitrogens with zero attached hydrogens (tertiary/aromatic N) is 1. The van der Waals surface area contributed by atoms with Crippen LogP contribution in [0.4, 0.5) is 0 Å². The minimum atomic E-state index is -0.467. The Hall–Kier alpha value is -1.27. The van der Waals surface area contributed by atoms with Crippen molar-refractivity contribution < 1.29 is 9.47 Å². The SMILES string of the molecule is COC12C=C3OCCC3CC1C=C2C#N. The number of methoxy groups -OCH3 is 1. The van der Waals surface area contributed by atoms with Gasteiger partial charge in [-0.05, 0) is 18.9 Å². The van der Waals surface area contributed by atoms with E-state index in [1.807, 2.05) is 12.2 Å². The molecule has 0 aromatic carbocycles. The molecule has 0 spiro atoms. The standard InChI is InChI=1S/C12H13NO2/c1-14-12-6-11-8(2-3-15-11)4-9(12)5-10(12)7-13/h5-6,8-9H,2-4H2,1H3. The van der Waals surface area contributed by atoms with Crippen LogP contribution < -0.4 is 0 Å². The summed E-state index contributed by atoms with van der Waals surface area (Å²) in [6.07, 6.45) is 6.23. The number of hydrogen-bond donors (Lipinski definition) is 0. The molecule has 15 heavy (non-hydrogen) atoms. The Morgan fingerprint density at radius 1 is 1.67 bits per heavy atom. The molecule has 3 aliphatic rings. The maximum absolute atomic E-state index is 8.99. The van der Waals surface area contributed by atoms with Gasteiger partial charge < -0.3 is 9.47 Å². The first kappa shape index (κ1) is 8.99. The number of rotatable bonds is 1. The summed E-state index contributed by atoms with van der Waals surface area (Å²) < 4.78 is 11.1. The van der Waals surface area contributed by atoms with Gasteiger partial charge in [0.2, 0.25) is 0 Å². The van der Waals surface area contributed by atoms with E-state index in [9.17, 15) is 0 Å². The molecule has 0 aromatic rings. The molecule has 0 saturated carbocycles. The summed E-state index contributed by atoms with van der Waals surface area (Å²) in [7, 11) is 1.67. The topological polar surface area (TPSA) is 42.2 Å². The molecule has 78 valence electrons. The maximum Gasteiger partial charge on any atom is 0.130 e. The zero-order valence-electron chi connectivity index (χ0n) is 8.69. The lowest BCUT2D eigenvalue weighted by Crippen LogP contribution is -2.49. The molecule has 0 bridgehead atoms. The first-order chi connectivity index (χ1) is 7.30. The molecule has 2 aliphatic carbocycles. The zero-order chi connectivity index (χ0) is 10.5. The smallest absolute Gasteiger partial charge is 0.130 e. The van der Waals surface area contributed by atoms with Crippen LogP contribution in [0.1, 0.15) is 12.8 Å². The summed E-state index contributed by atoms with van der Waals surface area (Å²) in [6.45, 7) is 0.810. The Labute approximate surface area is 89.0 Å². The van der Waals surface area contributed by atoms with Crippen LogP contribution in [0.2, 0.25) is 0 Å². The van der Waals surface area contributed by atoms with Crippen molar-refractivity contribution in [1.29, 1.82) is 5.26 Å². The van der Waals surface area contributed by atoms with Crippen LogP contribution in [0.15, 0.2) is 23.5 Å².